The van der Waals surface area contributed by atoms with Crippen molar-refractivity contribution < 1.29 is 36.4 Å². The molecular formula is C22H22F5N2O2+. The summed E-state index contributed by atoms with van der Waals surface area (Å²) in [5, 5.41) is 11.7. The van der Waals surface area contributed by atoms with Crippen molar-refractivity contribution in [3.63, 3.8) is 0 Å². The number of rotatable bonds is 4. The highest BCUT2D eigenvalue weighted by molar-refractivity contribution is 5.96. The number of amidine groups is 1. The lowest BCUT2D eigenvalue weighted by Crippen LogP contribution is -2.41. The molecule has 0 radical (unpaired) electrons. The van der Waals surface area contributed by atoms with Gasteiger partial charge in [-0.25, -0.2) is 9.48 Å². The lowest BCUT2D eigenvalue weighted by Gasteiger charge is -2.24. The summed E-state index contributed by atoms with van der Waals surface area (Å²) in [4.78, 5) is 1.73. The van der Waals surface area contributed by atoms with Gasteiger partial charge in [-0.15, -0.1) is 0 Å². The molecule has 0 saturated heterocycles. The Kier molecular flexibility index (Phi) is 5.63. The molecule has 0 aromatic heterocycles. The Morgan fingerprint density at radius 2 is 1.77 bits per heavy atom. The van der Waals surface area contributed by atoms with E-state index in [9.17, 15) is 27.1 Å². The summed E-state index contributed by atoms with van der Waals surface area (Å²) in [6, 6.07) is 10.8. The van der Waals surface area contributed by atoms with Crippen LogP contribution in [0.2, 0.25) is 0 Å². The summed E-state index contributed by atoms with van der Waals surface area (Å²) in [7, 11) is 0. The summed E-state index contributed by atoms with van der Waals surface area (Å²) in [6.45, 7) is -2.39. The number of β-amino-alcohol motifs (C(OH)–C–C–N with tert-alkyl or cyclic N) is 1. The molecule has 0 aliphatic carbocycles. The van der Waals surface area contributed by atoms with E-state index in [1.807, 2.05) is 4.58 Å². The summed E-state index contributed by atoms with van der Waals surface area (Å²) >= 11 is 0. The molecule has 31 heavy (non-hydrogen) atoms. The standard InChI is InChI=1S/C22H22F5N2O2/c23-20(24)31-18-10-8-15(9-11-18)21(30)14-28(19-7-2-1-3-12-29(19)21)17-6-4-5-16(13-17)22(25,26)27/h4-6,8-11,13,20,30H,1-3,7,12,14H2/q+1. The van der Waals surface area contributed by atoms with E-state index in [0.29, 0.717) is 24.2 Å². The average molecular weight is 441 g/mol. The summed E-state index contributed by atoms with van der Waals surface area (Å²) in [6.07, 6.45) is -1.23. The van der Waals surface area contributed by atoms with Gasteiger partial charge in [0.25, 0.3) is 11.6 Å². The third-order valence-corrected chi connectivity index (χ3v) is 5.76. The third-order valence-electron chi connectivity index (χ3n) is 5.76. The highest BCUT2D eigenvalue weighted by atomic mass is 19.4. The predicted molar refractivity (Wildman–Crippen MR) is 104 cm³/mol. The van der Waals surface area contributed by atoms with Crippen LogP contribution >= 0.6 is 0 Å². The number of aliphatic hydroxyl groups is 1. The maximum atomic E-state index is 13.2. The second kappa shape index (κ2) is 8.11. The molecule has 2 aliphatic rings. The number of hydrogen-bond donors (Lipinski definition) is 1. The molecule has 2 heterocycles. The Hall–Kier alpha value is -2.68. The number of benzene rings is 2. The van der Waals surface area contributed by atoms with Crippen molar-refractivity contribution in [3.8, 4) is 5.75 Å². The summed E-state index contributed by atoms with van der Waals surface area (Å²) in [5.74, 6) is 0.724. The molecule has 1 N–H and O–H groups in total. The van der Waals surface area contributed by atoms with E-state index in [0.717, 1.165) is 37.2 Å². The Labute approximate surface area is 176 Å². The average Bonchev–Trinajstić information content (AvgIpc) is 2.86. The zero-order valence-electron chi connectivity index (χ0n) is 16.6. The molecule has 2 aliphatic heterocycles. The van der Waals surface area contributed by atoms with Gasteiger partial charge in [-0.2, -0.15) is 22.0 Å². The van der Waals surface area contributed by atoms with Crippen molar-refractivity contribution in [2.75, 3.05) is 18.0 Å². The molecule has 1 unspecified atom stereocenters. The Morgan fingerprint density at radius 3 is 2.45 bits per heavy atom. The minimum absolute atomic E-state index is 0.0265. The Balaban J connectivity index is 1.73. The van der Waals surface area contributed by atoms with E-state index in [2.05, 4.69) is 4.74 Å². The molecule has 0 amide bonds. The molecule has 1 atom stereocenters. The largest absolute Gasteiger partial charge is 0.435 e. The van der Waals surface area contributed by atoms with Crippen LogP contribution in [0.15, 0.2) is 48.5 Å². The van der Waals surface area contributed by atoms with Crippen molar-refractivity contribution in [3.05, 3.63) is 59.7 Å². The number of ether oxygens (including phenoxy) is 1. The van der Waals surface area contributed by atoms with Gasteiger partial charge in [0.2, 0.25) is 0 Å². The molecule has 0 spiro atoms. The quantitative estimate of drug-likeness (QED) is 0.538. The van der Waals surface area contributed by atoms with Gasteiger partial charge in [-0.1, -0.05) is 6.07 Å². The SMILES string of the molecule is OC1(c2ccc(OC(F)F)cc2)CN(c2cccc(C(F)(F)F)c2)C2=[N+]1CCCCC2. The van der Waals surface area contributed by atoms with E-state index in [4.69, 9.17) is 0 Å². The van der Waals surface area contributed by atoms with Crippen LogP contribution in [0.1, 0.15) is 36.8 Å². The van der Waals surface area contributed by atoms with Gasteiger partial charge in [-0.3, -0.25) is 0 Å². The van der Waals surface area contributed by atoms with Gasteiger partial charge in [0.05, 0.1) is 12.1 Å². The molecule has 0 fully saturated rings. The van der Waals surface area contributed by atoms with Gasteiger partial charge < -0.3 is 9.84 Å². The maximum absolute atomic E-state index is 13.2. The molecular weight excluding hydrogens is 419 g/mol. The summed E-state index contributed by atoms with van der Waals surface area (Å²) in [5.41, 5.74) is -1.44. The van der Waals surface area contributed by atoms with Gasteiger partial charge >= 0.3 is 12.8 Å². The first kappa shape index (κ1) is 21.5. The molecule has 2 aromatic rings. The topological polar surface area (TPSA) is 35.7 Å². The van der Waals surface area contributed by atoms with E-state index in [1.54, 1.807) is 11.0 Å². The Morgan fingerprint density at radius 1 is 1.03 bits per heavy atom. The maximum Gasteiger partial charge on any atom is 0.416 e. The number of anilines is 1. The van der Waals surface area contributed by atoms with Crippen LogP contribution in [0.3, 0.4) is 0 Å². The molecule has 4 nitrogen and oxygen atoms in total. The number of nitrogens with zero attached hydrogens (tertiary/aromatic N) is 2. The van der Waals surface area contributed by atoms with Gasteiger partial charge in [0, 0.05) is 12.0 Å². The van der Waals surface area contributed by atoms with Crippen LogP contribution in [0, 0.1) is 0 Å². The molecule has 9 heteroatoms. The van der Waals surface area contributed by atoms with Crippen LogP contribution in [-0.4, -0.2) is 35.2 Å². The van der Waals surface area contributed by atoms with Crippen LogP contribution < -0.4 is 9.64 Å². The Bertz CT molecular complexity index is 975. The molecule has 2 aromatic carbocycles. The highest BCUT2D eigenvalue weighted by Crippen LogP contribution is 2.38. The highest BCUT2D eigenvalue weighted by Gasteiger charge is 2.52. The fourth-order valence-corrected chi connectivity index (χ4v) is 4.31. The third kappa shape index (κ3) is 4.23. The zero-order valence-corrected chi connectivity index (χ0v) is 16.6. The monoisotopic (exact) mass is 441 g/mol. The lowest BCUT2D eigenvalue weighted by atomic mass is 10.0. The van der Waals surface area contributed by atoms with E-state index in [-0.39, 0.29) is 12.3 Å². The molecule has 4 rings (SSSR count). The number of alkyl halides is 5. The van der Waals surface area contributed by atoms with Crippen molar-refractivity contribution in [2.45, 2.75) is 44.2 Å². The predicted octanol–water partition coefficient (Wildman–Crippen LogP) is 4.96. The second-order valence-corrected chi connectivity index (χ2v) is 7.73. The second-order valence-electron chi connectivity index (χ2n) is 7.73. The van der Waals surface area contributed by atoms with Crippen LogP contribution in [0.5, 0.6) is 5.75 Å². The van der Waals surface area contributed by atoms with Crippen LogP contribution in [0.4, 0.5) is 27.6 Å². The first-order valence-corrected chi connectivity index (χ1v) is 10.0. The molecule has 0 saturated carbocycles. The van der Waals surface area contributed by atoms with Crippen molar-refractivity contribution >= 4 is 11.5 Å². The van der Waals surface area contributed by atoms with Crippen molar-refractivity contribution in [2.24, 2.45) is 0 Å². The van der Waals surface area contributed by atoms with Crippen LogP contribution in [0.25, 0.3) is 0 Å². The van der Waals surface area contributed by atoms with Gasteiger partial charge in [0.15, 0.2) is 6.54 Å². The molecule has 166 valence electrons. The van der Waals surface area contributed by atoms with E-state index >= 15 is 0 Å². The van der Waals surface area contributed by atoms with E-state index in [1.165, 1.54) is 30.3 Å². The van der Waals surface area contributed by atoms with Crippen molar-refractivity contribution in [1.29, 1.82) is 0 Å². The molecule has 0 bridgehead atoms. The van der Waals surface area contributed by atoms with Gasteiger partial charge in [0.1, 0.15) is 11.4 Å². The van der Waals surface area contributed by atoms with Crippen molar-refractivity contribution in [1.82, 2.24) is 0 Å². The normalized spacial score (nSPS) is 22.0. The first-order valence-electron chi connectivity index (χ1n) is 10.0. The number of halogens is 5. The fraction of sp³-hybridized carbons (Fsp3) is 0.409. The first-order chi connectivity index (χ1) is 14.7. The van der Waals surface area contributed by atoms with E-state index < -0.39 is 24.1 Å². The zero-order chi connectivity index (χ0) is 22.2. The van der Waals surface area contributed by atoms with Gasteiger partial charge in [-0.05, 0) is 61.7 Å². The summed E-state index contributed by atoms with van der Waals surface area (Å²) < 4.78 is 70.8. The van der Waals surface area contributed by atoms with Crippen LogP contribution in [-0.2, 0) is 11.9 Å². The smallest absolute Gasteiger partial charge is 0.416 e. The number of hydrogen-bond acceptors (Lipinski definition) is 3. The minimum Gasteiger partial charge on any atom is -0.435 e. The lowest BCUT2D eigenvalue weighted by molar-refractivity contribution is -0.658. The fourth-order valence-electron chi connectivity index (χ4n) is 4.31. The minimum atomic E-state index is -4.47.